The van der Waals surface area contributed by atoms with Gasteiger partial charge in [-0.25, -0.2) is 0 Å². The Kier molecular flexibility index (Phi) is 5.42. The van der Waals surface area contributed by atoms with Crippen LogP contribution in [0.5, 0.6) is 5.75 Å². The van der Waals surface area contributed by atoms with Gasteiger partial charge in [-0.2, -0.15) is 0 Å². The number of fused-ring (bicyclic) bond motifs is 2. The van der Waals surface area contributed by atoms with Gasteiger partial charge in [0, 0.05) is 49.3 Å². The number of aliphatic hydroxyl groups is 1. The summed E-state index contributed by atoms with van der Waals surface area (Å²) < 4.78 is 8.20. The maximum Gasteiger partial charge on any atom is 0.123 e. The van der Waals surface area contributed by atoms with Crippen molar-refractivity contribution in [3.05, 3.63) is 65.4 Å². The van der Waals surface area contributed by atoms with E-state index in [0.29, 0.717) is 12.5 Å². The maximum absolute atomic E-state index is 10.5. The molecule has 1 N–H and O–H groups in total. The average molecular weight is 379 g/mol. The Morgan fingerprint density at radius 3 is 2.79 bits per heavy atom. The van der Waals surface area contributed by atoms with Crippen molar-refractivity contribution in [1.29, 1.82) is 0 Å². The third-order valence-electron chi connectivity index (χ3n) is 5.60. The van der Waals surface area contributed by atoms with E-state index in [0.717, 1.165) is 42.9 Å². The first kappa shape index (κ1) is 19.0. The van der Waals surface area contributed by atoms with E-state index in [9.17, 15) is 5.11 Å². The molecule has 148 valence electrons. The van der Waals surface area contributed by atoms with Crippen LogP contribution in [0.1, 0.15) is 43.1 Å². The summed E-state index contributed by atoms with van der Waals surface area (Å²) in [7, 11) is 2.11. The minimum atomic E-state index is -0.417. The van der Waals surface area contributed by atoms with Crippen LogP contribution in [0.4, 0.5) is 0 Å². The van der Waals surface area contributed by atoms with Crippen molar-refractivity contribution in [1.82, 2.24) is 9.47 Å². The fraction of sp³-hybridized carbons (Fsp3) is 0.417. The third kappa shape index (κ3) is 3.94. The summed E-state index contributed by atoms with van der Waals surface area (Å²) in [5.41, 5.74) is 4.77. The molecule has 4 rings (SSSR count). The molecule has 0 saturated carbocycles. The normalized spacial score (nSPS) is 16.0. The highest BCUT2D eigenvalue weighted by molar-refractivity contribution is 5.83. The summed E-state index contributed by atoms with van der Waals surface area (Å²) in [6.45, 7) is 7.58. The van der Waals surface area contributed by atoms with Crippen LogP contribution < -0.4 is 4.74 Å². The van der Waals surface area contributed by atoms with E-state index >= 15 is 0 Å². The van der Waals surface area contributed by atoms with E-state index in [1.165, 1.54) is 16.5 Å². The predicted octanol–water partition coefficient (Wildman–Crippen LogP) is 4.65. The van der Waals surface area contributed by atoms with E-state index in [2.05, 4.69) is 66.9 Å². The largest absolute Gasteiger partial charge is 0.492 e. The van der Waals surface area contributed by atoms with Gasteiger partial charge in [-0.1, -0.05) is 38.1 Å². The molecule has 4 nitrogen and oxygen atoms in total. The topological polar surface area (TPSA) is 37.6 Å². The lowest BCUT2D eigenvalue weighted by Crippen LogP contribution is -2.25. The molecule has 0 bridgehead atoms. The smallest absolute Gasteiger partial charge is 0.123 e. The fourth-order valence-electron chi connectivity index (χ4n) is 4.19. The summed E-state index contributed by atoms with van der Waals surface area (Å²) in [4.78, 5) is 2.44. The second-order valence-corrected chi connectivity index (χ2v) is 8.35. The molecule has 0 radical (unpaired) electrons. The van der Waals surface area contributed by atoms with Crippen molar-refractivity contribution < 1.29 is 9.84 Å². The number of hydrogen-bond acceptors (Lipinski definition) is 3. The monoisotopic (exact) mass is 378 g/mol. The molecule has 28 heavy (non-hydrogen) atoms. The number of nitrogens with zero attached hydrogens (tertiary/aromatic N) is 2. The second kappa shape index (κ2) is 7.98. The maximum atomic E-state index is 10.5. The van der Waals surface area contributed by atoms with Crippen molar-refractivity contribution >= 4 is 10.9 Å². The first-order chi connectivity index (χ1) is 13.5. The summed E-state index contributed by atoms with van der Waals surface area (Å²) in [6, 6.07) is 14.7. The van der Waals surface area contributed by atoms with Gasteiger partial charge in [0.05, 0.1) is 6.10 Å². The minimum absolute atomic E-state index is 0.417. The Hall–Kier alpha value is -2.30. The third-order valence-corrected chi connectivity index (χ3v) is 5.60. The van der Waals surface area contributed by atoms with Crippen LogP contribution in [0.2, 0.25) is 0 Å². The first-order valence-electron chi connectivity index (χ1n) is 10.2. The van der Waals surface area contributed by atoms with E-state index in [4.69, 9.17) is 4.74 Å². The molecule has 1 aliphatic rings. The molecule has 3 aromatic rings. The SMILES string of the molecule is CC(C)CC(O)c1ccc2c(c1)CN(Cc1cn(C)c3ccccc13)CCO2. The molecule has 2 aromatic carbocycles. The Balaban J connectivity index is 1.57. The highest BCUT2D eigenvalue weighted by Gasteiger charge is 2.19. The van der Waals surface area contributed by atoms with Crippen molar-refractivity contribution in [2.45, 2.75) is 39.5 Å². The van der Waals surface area contributed by atoms with E-state index in [-0.39, 0.29) is 0 Å². The van der Waals surface area contributed by atoms with Crippen LogP contribution in [0, 0.1) is 5.92 Å². The van der Waals surface area contributed by atoms with Crippen molar-refractivity contribution in [2.24, 2.45) is 13.0 Å². The molecule has 1 atom stereocenters. The molecule has 0 saturated heterocycles. The molecule has 4 heteroatoms. The summed E-state index contributed by atoms with van der Waals surface area (Å²) in [5.74, 6) is 1.41. The van der Waals surface area contributed by atoms with Crippen LogP contribution in [0.3, 0.4) is 0 Å². The molecule has 1 aromatic heterocycles. The van der Waals surface area contributed by atoms with E-state index in [1.807, 2.05) is 12.1 Å². The molecule has 1 aliphatic heterocycles. The van der Waals surface area contributed by atoms with Crippen LogP contribution in [0.15, 0.2) is 48.7 Å². The van der Waals surface area contributed by atoms with Crippen molar-refractivity contribution in [3.63, 3.8) is 0 Å². The zero-order chi connectivity index (χ0) is 19.7. The predicted molar refractivity (Wildman–Crippen MR) is 113 cm³/mol. The lowest BCUT2D eigenvalue weighted by Gasteiger charge is -2.20. The zero-order valence-electron chi connectivity index (χ0n) is 17.1. The number of hydrogen-bond donors (Lipinski definition) is 1. The molecule has 0 spiro atoms. The van der Waals surface area contributed by atoms with Crippen LogP contribution in [0.25, 0.3) is 10.9 Å². The number of aliphatic hydroxyl groups excluding tert-OH is 1. The molecule has 0 amide bonds. The second-order valence-electron chi connectivity index (χ2n) is 8.35. The van der Waals surface area contributed by atoms with Crippen LogP contribution >= 0.6 is 0 Å². The number of para-hydroxylation sites is 1. The standard InChI is InChI=1S/C24H30N2O2/c1-17(2)12-23(27)18-8-9-24-19(13-18)15-26(10-11-28-24)16-20-14-25(3)22-7-5-4-6-21(20)22/h4-9,13-14,17,23,27H,10-12,15-16H2,1-3H3. The molecular formula is C24H30N2O2. The number of ether oxygens (including phenoxy) is 1. The van der Waals surface area contributed by atoms with Crippen molar-refractivity contribution in [3.8, 4) is 5.75 Å². The van der Waals surface area contributed by atoms with Crippen LogP contribution in [-0.4, -0.2) is 27.7 Å². The fourth-order valence-corrected chi connectivity index (χ4v) is 4.19. The Bertz CT molecular complexity index is 960. The van der Waals surface area contributed by atoms with E-state index < -0.39 is 6.10 Å². The minimum Gasteiger partial charge on any atom is -0.492 e. The summed E-state index contributed by atoms with van der Waals surface area (Å²) in [6.07, 6.45) is 2.60. The lowest BCUT2D eigenvalue weighted by atomic mass is 9.97. The first-order valence-corrected chi connectivity index (χ1v) is 10.2. The molecular weight excluding hydrogens is 348 g/mol. The van der Waals surface area contributed by atoms with Gasteiger partial charge in [0.15, 0.2) is 0 Å². The Morgan fingerprint density at radius 2 is 1.96 bits per heavy atom. The Morgan fingerprint density at radius 1 is 1.14 bits per heavy atom. The number of rotatable bonds is 5. The van der Waals surface area contributed by atoms with Gasteiger partial charge < -0.3 is 14.4 Å². The lowest BCUT2D eigenvalue weighted by molar-refractivity contribution is 0.151. The van der Waals surface area contributed by atoms with Gasteiger partial charge in [0.2, 0.25) is 0 Å². The van der Waals surface area contributed by atoms with Gasteiger partial charge in [-0.3, -0.25) is 4.90 Å². The highest BCUT2D eigenvalue weighted by Crippen LogP contribution is 2.30. The summed E-state index contributed by atoms with van der Waals surface area (Å²) in [5, 5.41) is 11.8. The number of benzene rings is 2. The van der Waals surface area contributed by atoms with Gasteiger partial charge in [0.25, 0.3) is 0 Å². The quantitative estimate of drug-likeness (QED) is 0.702. The Labute approximate surface area is 167 Å². The number of aryl methyl sites for hydroxylation is 1. The van der Waals surface area contributed by atoms with Gasteiger partial charge in [-0.05, 0) is 41.7 Å². The molecule has 0 fully saturated rings. The van der Waals surface area contributed by atoms with Gasteiger partial charge in [0.1, 0.15) is 12.4 Å². The molecule has 0 aliphatic carbocycles. The molecule has 2 heterocycles. The van der Waals surface area contributed by atoms with Gasteiger partial charge in [-0.15, -0.1) is 0 Å². The van der Waals surface area contributed by atoms with Crippen molar-refractivity contribution in [2.75, 3.05) is 13.2 Å². The van der Waals surface area contributed by atoms with Gasteiger partial charge >= 0.3 is 0 Å². The summed E-state index contributed by atoms with van der Waals surface area (Å²) >= 11 is 0. The zero-order valence-corrected chi connectivity index (χ0v) is 17.1. The highest BCUT2D eigenvalue weighted by atomic mass is 16.5. The van der Waals surface area contributed by atoms with Crippen LogP contribution in [-0.2, 0) is 20.1 Å². The number of aromatic nitrogens is 1. The average Bonchev–Trinajstić information content (AvgIpc) is 2.85. The molecule has 1 unspecified atom stereocenters. The van der Waals surface area contributed by atoms with E-state index in [1.54, 1.807) is 0 Å².